The lowest BCUT2D eigenvalue weighted by atomic mass is 10.0. The molecule has 0 unspecified atom stereocenters. The van der Waals surface area contributed by atoms with Crippen LogP contribution >= 0.6 is 0 Å². The van der Waals surface area contributed by atoms with Crippen molar-refractivity contribution in [1.82, 2.24) is 0 Å². The molecule has 0 fully saturated rings. The first kappa shape index (κ1) is 10.3. The number of halogens is 1. The zero-order valence-corrected chi connectivity index (χ0v) is 9.70. The Hall–Kier alpha value is -1.89. The lowest BCUT2D eigenvalue weighted by Gasteiger charge is -2.05. The Bertz CT molecular complexity index is 608. The number of hydrogen-bond acceptors (Lipinski definition) is 0. The topological polar surface area (TPSA) is 0 Å². The minimum absolute atomic E-state index is 0.130. The van der Waals surface area contributed by atoms with Crippen molar-refractivity contribution in [3.05, 3.63) is 71.0 Å². The number of fused-ring (bicyclic) bond motifs is 1. The lowest BCUT2D eigenvalue weighted by molar-refractivity contribution is 0.623. The minimum atomic E-state index is -0.130. The van der Waals surface area contributed by atoms with Gasteiger partial charge in [-0.15, -0.1) is 0 Å². The number of benzene rings is 2. The molecule has 3 rings (SSSR count). The predicted molar refractivity (Wildman–Crippen MR) is 69.0 cm³/mol. The molecule has 0 radical (unpaired) electrons. The molecule has 0 nitrogen and oxygen atoms in total. The largest absolute Gasteiger partial charge is 0.206 e. The molecule has 0 heterocycles. The van der Waals surface area contributed by atoms with Gasteiger partial charge in [-0.3, -0.25) is 0 Å². The Kier molecular flexibility index (Phi) is 2.32. The smallest absolute Gasteiger partial charge is 0.130 e. The minimum Gasteiger partial charge on any atom is -0.206 e. The summed E-state index contributed by atoms with van der Waals surface area (Å²) in [5, 5.41) is 0. The molecule has 0 saturated heterocycles. The van der Waals surface area contributed by atoms with E-state index in [1.54, 1.807) is 6.07 Å². The highest BCUT2D eigenvalue weighted by Gasteiger charge is 2.20. The predicted octanol–water partition coefficient (Wildman–Crippen LogP) is 4.31. The van der Waals surface area contributed by atoms with Crippen molar-refractivity contribution in [3.8, 4) is 0 Å². The lowest BCUT2D eigenvalue weighted by Crippen LogP contribution is -1.90. The van der Waals surface area contributed by atoms with Crippen molar-refractivity contribution < 1.29 is 4.39 Å². The Morgan fingerprint density at radius 1 is 0.882 bits per heavy atom. The number of allylic oxidation sites excluding steroid dienone is 2. The highest BCUT2D eigenvalue weighted by molar-refractivity contribution is 5.96. The Morgan fingerprint density at radius 2 is 1.53 bits per heavy atom. The van der Waals surface area contributed by atoms with Gasteiger partial charge in [0.05, 0.1) is 0 Å². The maximum atomic E-state index is 13.8. The molecule has 17 heavy (non-hydrogen) atoms. The third kappa shape index (κ3) is 1.59. The van der Waals surface area contributed by atoms with Crippen molar-refractivity contribution in [2.75, 3.05) is 0 Å². The molecule has 0 atom stereocenters. The summed E-state index contributed by atoms with van der Waals surface area (Å²) in [6.07, 6.45) is 0.836. The van der Waals surface area contributed by atoms with Gasteiger partial charge in [0.1, 0.15) is 5.82 Å². The van der Waals surface area contributed by atoms with Gasteiger partial charge in [-0.05, 0) is 41.7 Å². The van der Waals surface area contributed by atoms with Gasteiger partial charge in [-0.1, -0.05) is 42.5 Å². The van der Waals surface area contributed by atoms with Crippen LogP contribution in [0.1, 0.15) is 23.6 Å². The molecule has 0 aromatic heterocycles. The zero-order chi connectivity index (χ0) is 11.8. The van der Waals surface area contributed by atoms with Gasteiger partial charge >= 0.3 is 0 Å². The van der Waals surface area contributed by atoms with E-state index < -0.39 is 0 Å². The molecule has 1 heteroatoms. The fourth-order valence-electron chi connectivity index (χ4n) is 2.53. The maximum Gasteiger partial charge on any atom is 0.130 e. The van der Waals surface area contributed by atoms with E-state index in [2.05, 4.69) is 19.1 Å². The molecule has 0 saturated carbocycles. The first-order valence-corrected chi connectivity index (χ1v) is 5.80. The fourth-order valence-corrected chi connectivity index (χ4v) is 2.53. The van der Waals surface area contributed by atoms with Crippen LogP contribution in [0.25, 0.3) is 11.1 Å². The second-order valence-corrected chi connectivity index (χ2v) is 4.42. The van der Waals surface area contributed by atoms with Crippen LogP contribution in [0.5, 0.6) is 0 Å². The molecule has 2 aromatic carbocycles. The molecule has 84 valence electrons. The molecule has 2 aromatic rings. The molecule has 0 spiro atoms. The molecule has 0 bridgehead atoms. The van der Waals surface area contributed by atoms with E-state index in [4.69, 9.17) is 0 Å². The van der Waals surface area contributed by atoms with E-state index >= 15 is 0 Å². The SMILES string of the molecule is CC1=C(c2ccccc2F)Cc2ccccc21. The third-order valence-electron chi connectivity index (χ3n) is 3.44. The quantitative estimate of drug-likeness (QED) is 0.677. The second-order valence-electron chi connectivity index (χ2n) is 4.42. The summed E-state index contributed by atoms with van der Waals surface area (Å²) in [6, 6.07) is 15.3. The van der Waals surface area contributed by atoms with Crippen LogP contribution in [0.3, 0.4) is 0 Å². The summed E-state index contributed by atoms with van der Waals surface area (Å²) in [7, 11) is 0. The van der Waals surface area contributed by atoms with Crippen LogP contribution in [-0.4, -0.2) is 0 Å². The average Bonchev–Trinajstić information content (AvgIpc) is 2.68. The second kappa shape index (κ2) is 3.85. The van der Waals surface area contributed by atoms with Gasteiger partial charge in [0, 0.05) is 5.56 Å². The first-order valence-electron chi connectivity index (χ1n) is 5.80. The van der Waals surface area contributed by atoms with E-state index in [9.17, 15) is 4.39 Å². The number of hydrogen-bond donors (Lipinski definition) is 0. The monoisotopic (exact) mass is 224 g/mol. The standard InChI is InChI=1S/C16H13F/c1-11-13-7-3-2-6-12(13)10-15(11)14-8-4-5-9-16(14)17/h2-9H,10H2,1H3. The van der Waals surface area contributed by atoms with Crippen LogP contribution in [-0.2, 0) is 6.42 Å². The fraction of sp³-hybridized carbons (Fsp3) is 0.125. The molecule has 0 aliphatic heterocycles. The van der Waals surface area contributed by atoms with Crippen LogP contribution < -0.4 is 0 Å². The summed E-state index contributed by atoms with van der Waals surface area (Å²) in [5.41, 5.74) is 5.60. The van der Waals surface area contributed by atoms with E-state index in [-0.39, 0.29) is 5.82 Å². The highest BCUT2D eigenvalue weighted by Crippen LogP contribution is 2.38. The van der Waals surface area contributed by atoms with Crippen molar-refractivity contribution in [1.29, 1.82) is 0 Å². The van der Waals surface area contributed by atoms with Crippen LogP contribution in [0.15, 0.2) is 48.5 Å². The van der Waals surface area contributed by atoms with Gasteiger partial charge in [0.25, 0.3) is 0 Å². The number of rotatable bonds is 1. The molecular weight excluding hydrogens is 211 g/mol. The van der Waals surface area contributed by atoms with Crippen LogP contribution in [0.4, 0.5) is 4.39 Å². The summed E-state index contributed by atoms with van der Waals surface area (Å²) >= 11 is 0. The molecule has 1 aliphatic rings. The summed E-state index contributed by atoms with van der Waals surface area (Å²) in [6.45, 7) is 2.08. The Balaban J connectivity index is 2.15. The average molecular weight is 224 g/mol. The molecule has 0 N–H and O–H groups in total. The summed E-state index contributed by atoms with van der Waals surface area (Å²) in [4.78, 5) is 0. The summed E-state index contributed by atoms with van der Waals surface area (Å²) in [5.74, 6) is -0.130. The zero-order valence-electron chi connectivity index (χ0n) is 9.70. The third-order valence-corrected chi connectivity index (χ3v) is 3.44. The van der Waals surface area contributed by atoms with Crippen molar-refractivity contribution in [2.24, 2.45) is 0 Å². The Morgan fingerprint density at radius 3 is 2.24 bits per heavy atom. The van der Waals surface area contributed by atoms with Gasteiger partial charge in [-0.25, -0.2) is 4.39 Å². The van der Waals surface area contributed by atoms with Crippen molar-refractivity contribution >= 4 is 11.1 Å². The molecule has 1 aliphatic carbocycles. The van der Waals surface area contributed by atoms with E-state index in [0.717, 1.165) is 17.6 Å². The normalized spacial score (nSPS) is 14.0. The van der Waals surface area contributed by atoms with Gasteiger partial charge < -0.3 is 0 Å². The van der Waals surface area contributed by atoms with E-state index in [1.807, 2.05) is 24.3 Å². The molecular formula is C16H13F. The van der Waals surface area contributed by atoms with E-state index in [1.165, 1.54) is 22.8 Å². The molecule has 0 amide bonds. The maximum absolute atomic E-state index is 13.8. The van der Waals surface area contributed by atoms with Gasteiger partial charge in [-0.2, -0.15) is 0 Å². The Labute approximate surface area is 100 Å². The summed E-state index contributed by atoms with van der Waals surface area (Å²) < 4.78 is 13.8. The first-order chi connectivity index (χ1) is 8.27. The van der Waals surface area contributed by atoms with E-state index in [0.29, 0.717) is 0 Å². The van der Waals surface area contributed by atoms with Crippen molar-refractivity contribution in [2.45, 2.75) is 13.3 Å². The van der Waals surface area contributed by atoms with Gasteiger partial charge in [0.2, 0.25) is 0 Å². The van der Waals surface area contributed by atoms with Crippen LogP contribution in [0, 0.1) is 5.82 Å². The van der Waals surface area contributed by atoms with Crippen molar-refractivity contribution in [3.63, 3.8) is 0 Å². The van der Waals surface area contributed by atoms with Crippen LogP contribution in [0.2, 0.25) is 0 Å². The highest BCUT2D eigenvalue weighted by atomic mass is 19.1. The van der Waals surface area contributed by atoms with Gasteiger partial charge in [0.15, 0.2) is 0 Å².